The highest BCUT2D eigenvalue weighted by Gasteiger charge is 2.58. The van der Waals surface area contributed by atoms with Gasteiger partial charge in [0.1, 0.15) is 17.5 Å². The lowest BCUT2D eigenvalue weighted by Gasteiger charge is -2.41. The summed E-state index contributed by atoms with van der Waals surface area (Å²) in [6.07, 6.45) is 5.58. The van der Waals surface area contributed by atoms with Gasteiger partial charge in [-0.15, -0.1) is 0 Å². The first-order valence-electron chi connectivity index (χ1n) is 10.7. The normalized spacial score (nSPS) is 31.1. The Morgan fingerprint density at radius 3 is 2.53 bits per heavy atom. The Morgan fingerprint density at radius 1 is 1.25 bits per heavy atom. The summed E-state index contributed by atoms with van der Waals surface area (Å²) in [5, 5.41) is 13.5. The molecule has 0 amide bonds. The van der Waals surface area contributed by atoms with Gasteiger partial charge >= 0.3 is 0 Å². The second-order valence-corrected chi connectivity index (χ2v) is 11.2. The first-order chi connectivity index (χ1) is 15.3. The number of aromatic nitrogens is 3. The topological polar surface area (TPSA) is 91.2 Å². The molecular weight excluding hydrogens is 460 g/mol. The molecule has 2 aromatic heterocycles. The van der Waals surface area contributed by atoms with Crippen LogP contribution in [0.4, 0.5) is 20.4 Å². The van der Waals surface area contributed by atoms with E-state index in [0.717, 1.165) is 25.1 Å². The van der Waals surface area contributed by atoms with Crippen LogP contribution < -0.4 is 10.2 Å². The number of pyridine rings is 1. The largest absolute Gasteiger partial charge is 0.394 e. The Bertz CT molecular complexity index is 1100. The van der Waals surface area contributed by atoms with E-state index in [2.05, 4.69) is 20.3 Å². The van der Waals surface area contributed by atoms with Crippen LogP contribution in [-0.4, -0.2) is 55.3 Å². The van der Waals surface area contributed by atoms with Crippen molar-refractivity contribution in [1.29, 1.82) is 0 Å². The fourth-order valence-corrected chi connectivity index (χ4v) is 6.84. The van der Waals surface area contributed by atoms with E-state index in [1.54, 1.807) is 12.4 Å². The lowest BCUT2D eigenvalue weighted by molar-refractivity contribution is 0.0239. The Hall–Kier alpha value is -1.91. The average Bonchev–Trinajstić information content (AvgIpc) is 3.10. The number of rotatable bonds is 5. The molecule has 3 atom stereocenters. The van der Waals surface area contributed by atoms with E-state index in [4.69, 9.17) is 11.6 Å². The highest BCUT2D eigenvalue weighted by Crippen LogP contribution is 2.58. The van der Waals surface area contributed by atoms with Crippen LogP contribution in [0, 0.1) is 11.8 Å². The summed E-state index contributed by atoms with van der Waals surface area (Å²) in [6.45, 7) is 1.23. The summed E-state index contributed by atoms with van der Waals surface area (Å²) in [5.41, 5.74) is -0.792. The van der Waals surface area contributed by atoms with E-state index in [1.807, 2.05) is 4.90 Å². The van der Waals surface area contributed by atoms with Gasteiger partial charge < -0.3 is 15.3 Å². The third-order valence-electron chi connectivity index (χ3n) is 7.35. The van der Waals surface area contributed by atoms with Gasteiger partial charge in [-0.25, -0.2) is 23.7 Å². The van der Waals surface area contributed by atoms with E-state index in [0.29, 0.717) is 35.8 Å². The van der Waals surface area contributed by atoms with Crippen LogP contribution >= 0.6 is 11.6 Å². The molecule has 7 nitrogen and oxygen atoms in total. The molecule has 11 heteroatoms. The van der Waals surface area contributed by atoms with Gasteiger partial charge in [0.25, 0.3) is 5.92 Å². The van der Waals surface area contributed by atoms with Crippen LogP contribution in [0.1, 0.15) is 36.6 Å². The predicted molar refractivity (Wildman–Crippen MR) is 116 cm³/mol. The van der Waals surface area contributed by atoms with Crippen molar-refractivity contribution in [3.63, 3.8) is 0 Å². The van der Waals surface area contributed by atoms with Gasteiger partial charge in [0.2, 0.25) is 0 Å². The van der Waals surface area contributed by atoms with E-state index in [1.165, 1.54) is 6.07 Å². The number of nitrogens with one attached hydrogen (secondary N) is 1. The van der Waals surface area contributed by atoms with E-state index < -0.39 is 28.0 Å². The molecule has 0 aromatic carbocycles. The summed E-state index contributed by atoms with van der Waals surface area (Å²) >= 11 is 5.88. The van der Waals surface area contributed by atoms with Crippen molar-refractivity contribution in [3.05, 3.63) is 34.9 Å². The average molecular weight is 482 g/mol. The molecule has 0 bridgehead atoms. The summed E-state index contributed by atoms with van der Waals surface area (Å²) in [5.74, 6) is -1.51. The second-order valence-electron chi connectivity index (χ2n) is 9.34. The molecule has 4 heterocycles. The number of fused-ring (bicyclic) bond motifs is 2. The van der Waals surface area contributed by atoms with Crippen molar-refractivity contribution in [3.8, 4) is 0 Å². The van der Waals surface area contributed by atoms with Crippen LogP contribution in [0.3, 0.4) is 0 Å². The summed E-state index contributed by atoms with van der Waals surface area (Å²) in [6, 6.07) is 1.40. The van der Waals surface area contributed by atoms with Gasteiger partial charge in [0.15, 0.2) is 0 Å². The number of anilines is 2. The highest BCUT2D eigenvalue weighted by molar-refractivity contribution is 7.85. The van der Waals surface area contributed by atoms with Crippen molar-refractivity contribution >= 4 is 34.0 Å². The fraction of sp³-hybridized carbons (Fsp3) is 0.571. The molecule has 0 spiro atoms. The molecule has 4 aliphatic rings. The number of nitrogens with zero attached hydrogens (tertiary/aromatic N) is 4. The van der Waals surface area contributed by atoms with Gasteiger partial charge in [0.05, 0.1) is 38.6 Å². The predicted octanol–water partition coefficient (Wildman–Crippen LogP) is 2.91. The number of hydrogen-bond donors (Lipinski definition) is 2. The quantitative estimate of drug-likeness (QED) is 0.678. The van der Waals surface area contributed by atoms with Crippen molar-refractivity contribution in [2.24, 2.45) is 11.8 Å². The smallest absolute Gasteiger partial charge is 0.286 e. The van der Waals surface area contributed by atoms with Crippen molar-refractivity contribution < 1.29 is 18.1 Å². The Kier molecular flexibility index (Phi) is 4.55. The monoisotopic (exact) mass is 481 g/mol. The van der Waals surface area contributed by atoms with Crippen molar-refractivity contribution in [2.75, 3.05) is 35.7 Å². The van der Waals surface area contributed by atoms with Gasteiger partial charge in [-0.2, -0.15) is 0 Å². The van der Waals surface area contributed by atoms with E-state index in [-0.39, 0.29) is 28.8 Å². The van der Waals surface area contributed by atoms with Crippen LogP contribution in [0.15, 0.2) is 23.4 Å². The second kappa shape index (κ2) is 7.04. The molecule has 1 saturated heterocycles. The first-order valence-corrected chi connectivity index (χ1v) is 12.4. The minimum atomic E-state index is -3.16. The lowest BCUT2D eigenvalue weighted by atomic mass is 9.77. The first kappa shape index (κ1) is 20.7. The molecule has 3 fully saturated rings. The van der Waals surface area contributed by atoms with E-state index in [9.17, 15) is 18.1 Å². The van der Waals surface area contributed by atoms with Crippen LogP contribution in [0.5, 0.6) is 0 Å². The number of hydrogen-bond acceptors (Lipinski definition) is 7. The van der Waals surface area contributed by atoms with Crippen LogP contribution in [0.2, 0.25) is 5.02 Å². The maximum absolute atomic E-state index is 14.7. The maximum atomic E-state index is 14.7. The van der Waals surface area contributed by atoms with Gasteiger partial charge in [-0.3, -0.25) is 4.21 Å². The standard InChI is InChI=1S/C21H22ClF2N5O2S/c22-11-5-25-18(26-6-11)16-12-7-29(8-13(12)16)15-4-14-17(32(31)10-21(14,23)24)19(27-15)28-20(9-30)2-1-3-20/h4-6,12-13,16,30H,1-3,7-10H2,(H,27,28)/t12?,13?,16?,32-/m0/s1. The minimum Gasteiger partial charge on any atom is -0.394 e. The molecule has 2 N–H and O–H groups in total. The molecule has 170 valence electrons. The molecular formula is C21H22ClF2N5O2S. The van der Waals surface area contributed by atoms with Crippen LogP contribution in [0.25, 0.3) is 0 Å². The number of piperidine rings is 1. The zero-order valence-electron chi connectivity index (χ0n) is 17.1. The molecule has 2 aromatic rings. The fourth-order valence-electron chi connectivity index (χ4n) is 5.35. The number of halogens is 3. The molecule has 32 heavy (non-hydrogen) atoms. The summed E-state index contributed by atoms with van der Waals surface area (Å²) < 4.78 is 42.0. The summed E-state index contributed by atoms with van der Waals surface area (Å²) in [4.78, 5) is 15.4. The number of aliphatic hydroxyl groups excluding tert-OH is 1. The Morgan fingerprint density at radius 2 is 1.94 bits per heavy atom. The lowest BCUT2D eigenvalue weighted by Crippen LogP contribution is -2.48. The molecule has 2 saturated carbocycles. The molecule has 2 aliphatic heterocycles. The highest BCUT2D eigenvalue weighted by atomic mass is 35.5. The van der Waals surface area contributed by atoms with Gasteiger partial charge in [-0.1, -0.05) is 11.6 Å². The maximum Gasteiger partial charge on any atom is 0.286 e. The van der Waals surface area contributed by atoms with Crippen molar-refractivity contribution in [1.82, 2.24) is 15.0 Å². The minimum absolute atomic E-state index is 0.0790. The van der Waals surface area contributed by atoms with Crippen LogP contribution in [-0.2, 0) is 16.7 Å². The SMILES string of the molecule is O=[S@]1CC(F)(F)c2cc(N3CC4C(C3)C4c3ncc(Cl)cn3)nc(NC3(CO)CCC3)c21. The Balaban J connectivity index is 1.29. The zero-order valence-corrected chi connectivity index (χ0v) is 18.7. The van der Waals surface area contributed by atoms with Gasteiger partial charge in [-0.05, 0) is 37.2 Å². The molecule has 0 radical (unpaired) electrons. The molecule has 2 aliphatic carbocycles. The summed E-state index contributed by atoms with van der Waals surface area (Å²) in [7, 11) is -1.84. The number of alkyl halides is 2. The zero-order chi connectivity index (χ0) is 22.3. The van der Waals surface area contributed by atoms with E-state index >= 15 is 0 Å². The molecule has 6 rings (SSSR count). The Labute approximate surface area is 191 Å². The third kappa shape index (κ3) is 3.13. The van der Waals surface area contributed by atoms with Crippen molar-refractivity contribution in [2.45, 2.75) is 41.5 Å². The number of aliphatic hydroxyl groups is 1. The van der Waals surface area contributed by atoms with Gasteiger partial charge in [0, 0.05) is 37.0 Å². The molecule has 2 unspecified atom stereocenters. The third-order valence-corrected chi connectivity index (χ3v) is 9.04.